The predicted octanol–water partition coefficient (Wildman–Crippen LogP) is 2.75. The highest BCUT2D eigenvalue weighted by atomic mass is 35.5. The number of aromatic amines is 1. The van der Waals surface area contributed by atoms with Crippen molar-refractivity contribution in [1.82, 2.24) is 24.5 Å². The second-order valence-electron chi connectivity index (χ2n) is 5.23. The summed E-state index contributed by atoms with van der Waals surface area (Å²) in [6.07, 6.45) is 1.80. The Hall–Kier alpha value is -2.41. The molecule has 0 unspecified atom stereocenters. The van der Waals surface area contributed by atoms with E-state index in [1.807, 2.05) is 34.6 Å². The van der Waals surface area contributed by atoms with Gasteiger partial charge in [0.1, 0.15) is 5.52 Å². The van der Waals surface area contributed by atoms with Gasteiger partial charge in [0, 0.05) is 6.20 Å². The van der Waals surface area contributed by atoms with E-state index in [9.17, 15) is 4.79 Å². The third-order valence-corrected chi connectivity index (χ3v) is 4.18. The van der Waals surface area contributed by atoms with Gasteiger partial charge in [0.25, 0.3) is 0 Å². The van der Waals surface area contributed by atoms with Crippen molar-refractivity contribution in [3.63, 3.8) is 0 Å². The third-order valence-electron chi connectivity index (χ3n) is 3.90. The Morgan fingerprint density at radius 1 is 1.21 bits per heavy atom. The van der Waals surface area contributed by atoms with Gasteiger partial charge >= 0.3 is 5.69 Å². The molecular weight excluding hydrogens is 328 g/mol. The van der Waals surface area contributed by atoms with E-state index in [1.54, 1.807) is 6.20 Å². The fourth-order valence-corrected chi connectivity index (χ4v) is 2.57. The zero-order valence-corrected chi connectivity index (χ0v) is 15.2. The minimum Gasteiger partial charge on any atom is -0.368 e. The van der Waals surface area contributed by atoms with Crippen LogP contribution in [0.1, 0.15) is 36.2 Å². The fraction of sp³-hybridized carbons (Fsp3) is 0.375. The average molecular weight is 349 g/mol. The molecule has 128 valence electrons. The topological polar surface area (TPSA) is 102 Å². The van der Waals surface area contributed by atoms with E-state index >= 15 is 0 Å². The van der Waals surface area contributed by atoms with Crippen LogP contribution in [0.2, 0.25) is 5.15 Å². The summed E-state index contributed by atoms with van der Waals surface area (Å²) in [5.41, 5.74) is 10.2. The number of anilines is 1. The number of aromatic nitrogens is 5. The lowest BCUT2D eigenvalue weighted by Crippen LogP contribution is -2.19. The van der Waals surface area contributed by atoms with E-state index in [1.165, 1.54) is 4.57 Å². The van der Waals surface area contributed by atoms with Crippen molar-refractivity contribution in [2.24, 2.45) is 0 Å². The van der Waals surface area contributed by atoms with Gasteiger partial charge < -0.3 is 10.7 Å². The van der Waals surface area contributed by atoms with E-state index in [-0.39, 0.29) is 16.8 Å². The van der Waals surface area contributed by atoms with Crippen LogP contribution in [0, 0.1) is 20.8 Å². The molecule has 0 saturated heterocycles. The Bertz CT molecular complexity index is 944. The number of aryl methyl sites for hydroxylation is 1. The number of rotatable bonds is 2. The van der Waals surface area contributed by atoms with E-state index in [0.29, 0.717) is 17.7 Å². The van der Waals surface area contributed by atoms with Crippen LogP contribution in [0.4, 0.5) is 5.95 Å². The lowest BCUT2D eigenvalue weighted by molar-refractivity contribution is 0.748. The Morgan fingerprint density at radius 3 is 2.54 bits per heavy atom. The zero-order chi connectivity index (χ0) is 18.0. The maximum absolute atomic E-state index is 12.2. The molecule has 3 aromatic heterocycles. The SMILES string of the molecule is CC.Cc1cnc(Cn2c(=O)[nH]c3c(Cl)nc(N)nc32)c(C)c1C. The summed E-state index contributed by atoms with van der Waals surface area (Å²) >= 11 is 6.00. The maximum Gasteiger partial charge on any atom is 0.328 e. The zero-order valence-electron chi connectivity index (χ0n) is 14.4. The average Bonchev–Trinajstić information content (AvgIpc) is 2.86. The first-order valence-electron chi connectivity index (χ1n) is 7.71. The van der Waals surface area contributed by atoms with Crippen molar-refractivity contribution in [3.05, 3.63) is 44.2 Å². The predicted molar refractivity (Wildman–Crippen MR) is 96.5 cm³/mol. The largest absolute Gasteiger partial charge is 0.368 e. The van der Waals surface area contributed by atoms with Crippen LogP contribution in [-0.2, 0) is 6.54 Å². The summed E-state index contributed by atoms with van der Waals surface area (Å²) < 4.78 is 1.46. The molecule has 0 aliphatic rings. The Kier molecular flexibility index (Phi) is 5.23. The number of nitrogens with two attached hydrogens (primary N) is 1. The van der Waals surface area contributed by atoms with Crippen LogP contribution in [-0.4, -0.2) is 24.5 Å². The molecule has 3 rings (SSSR count). The lowest BCUT2D eigenvalue weighted by atomic mass is 10.0. The van der Waals surface area contributed by atoms with Crippen LogP contribution in [0.5, 0.6) is 0 Å². The number of nitrogens with zero attached hydrogens (tertiary/aromatic N) is 4. The quantitative estimate of drug-likeness (QED) is 0.693. The third kappa shape index (κ3) is 3.12. The van der Waals surface area contributed by atoms with Gasteiger partial charge in [0.05, 0.1) is 12.2 Å². The number of hydrogen-bond donors (Lipinski definition) is 2. The molecule has 0 bridgehead atoms. The molecule has 3 heterocycles. The minimum absolute atomic E-state index is 0.0232. The van der Waals surface area contributed by atoms with Gasteiger partial charge in [-0.1, -0.05) is 25.4 Å². The molecule has 0 aromatic carbocycles. The lowest BCUT2D eigenvalue weighted by Gasteiger charge is -2.10. The van der Waals surface area contributed by atoms with Crippen LogP contribution < -0.4 is 11.4 Å². The fourth-order valence-electron chi connectivity index (χ4n) is 2.35. The van der Waals surface area contributed by atoms with E-state index in [4.69, 9.17) is 17.3 Å². The molecule has 0 saturated carbocycles. The molecule has 0 fully saturated rings. The first kappa shape index (κ1) is 17.9. The summed E-state index contributed by atoms with van der Waals surface area (Å²) in [6.45, 7) is 10.3. The number of nitrogens with one attached hydrogen (secondary N) is 1. The standard InChI is InChI=1S/C14H15ClN6O.C2H6/c1-6-4-17-9(8(3)7(6)2)5-21-12-10(18-14(21)22)11(15)19-13(16)20-12;1-2/h4H,5H2,1-3H3,(H,18,22)(H2,16,19,20);1-2H3. The monoisotopic (exact) mass is 348 g/mol. The number of H-pyrrole nitrogens is 1. The highest BCUT2D eigenvalue weighted by Gasteiger charge is 2.15. The van der Waals surface area contributed by atoms with Gasteiger partial charge in [-0.3, -0.25) is 9.55 Å². The van der Waals surface area contributed by atoms with E-state index in [2.05, 4.69) is 19.9 Å². The van der Waals surface area contributed by atoms with Crippen molar-refractivity contribution < 1.29 is 0 Å². The van der Waals surface area contributed by atoms with Crippen molar-refractivity contribution in [3.8, 4) is 0 Å². The van der Waals surface area contributed by atoms with Gasteiger partial charge in [0.2, 0.25) is 5.95 Å². The summed E-state index contributed by atoms with van der Waals surface area (Å²) in [5.74, 6) is 0.0232. The minimum atomic E-state index is -0.323. The summed E-state index contributed by atoms with van der Waals surface area (Å²) in [5, 5.41) is 0.128. The van der Waals surface area contributed by atoms with Crippen LogP contribution in [0.25, 0.3) is 11.2 Å². The summed E-state index contributed by atoms with van der Waals surface area (Å²) in [7, 11) is 0. The molecule has 0 atom stereocenters. The molecule has 0 aliphatic heterocycles. The van der Waals surface area contributed by atoms with Crippen molar-refractivity contribution >= 4 is 28.7 Å². The number of nitrogen functional groups attached to an aromatic ring is 1. The number of imidazole rings is 1. The number of hydrogen-bond acceptors (Lipinski definition) is 5. The molecular formula is C16H21ClN6O. The Balaban J connectivity index is 0.00000100. The highest BCUT2D eigenvalue weighted by Crippen LogP contribution is 2.20. The smallest absolute Gasteiger partial charge is 0.328 e. The van der Waals surface area contributed by atoms with Gasteiger partial charge in [-0.2, -0.15) is 9.97 Å². The molecule has 0 amide bonds. The first-order valence-corrected chi connectivity index (χ1v) is 8.09. The van der Waals surface area contributed by atoms with Gasteiger partial charge in [0.15, 0.2) is 10.8 Å². The maximum atomic E-state index is 12.2. The second-order valence-corrected chi connectivity index (χ2v) is 5.58. The summed E-state index contributed by atoms with van der Waals surface area (Å²) in [6, 6.07) is 0. The molecule has 0 spiro atoms. The van der Waals surface area contributed by atoms with Gasteiger partial charge in [-0.15, -0.1) is 0 Å². The first-order chi connectivity index (χ1) is 11.4. The van der Waals surface area contributed by atoms with E-state index < -0.39 is 0 Å². The molecule has 0 radical (unpaired) electrons. The van der Waals surface area contributed by atoms with Gasteiger partial charge in [-0.25, -0.2) is 4.79 Å². The molecule has 24 heavy (non-hydrogen) atoms. The van der Waals surface area contributed by atoms with Crippen molar-refractivity contribution in [2.75, 3.05) is 5.73 Å². The van der Waals surface area contributed by atoms with Crippen molar-refractivity contribution in [2.45, 2.75) is 41.2 Å². The molecule has 3 N–H and O–H groups in total. The normalized spacial score (nSPS) is 10.6. The van der Waals surface area contributed by atoms with Crippen LogP contribution >= 0.6 is 11.6 Å². The van der Waals surface area contributed by atoms with Crippen LogP contribution in [0.15, 0.2) is 11.0 Å². The van der Waals surface area contributed by atoms with E-state index in [0.717, 1.165) is 22.4 Å². The summed E-state index contributed by atoms with van der Waals surface area (Å²) in [4.78, 5) is 27.2. The molecule has 3 aromatic rings. The van der Waals surface area contributed by atoms with Gasteiger partial charge in [-0.05, 0) is 37.5 Å². The number of halogens is 1. The Labute approximate surface area is 144 Å². The number of pyridine rings is 1. The molecule has 0 aliphatic carbocycles. The Morgan fingerprint density at radius 2 is 1.88 bits per heavy atom. The molecule has 7 nitrogen and oxygen atoms in total. The second kappa shape index (κ2) is 7.00. The number of fused-ring (bicyclic) bond motifs is 1. The molecule has 8 heteroatoms. The highest BCUT2D eigenvalue weighted by molar-refractivity contribution is 6.33. The van der Waals surface area contributed by atoms with Crippen LogP contribution in [0.3, 0.4) is 0 Å². The van der Waals surface area contributed by atoms with Crippen molar-refractivity contribution in [1.29, 1.82) is 0 Å².